The Bertz CT molecular complexity index is 861. The van der Waals surface area contributed by atoms with Gasteiger partial charge in [-0.3, -0.25) is 10.0 Å². The number of amides is 1. The third-order valence-electron chi connectivity index (χ3n) is 3.20. The van der Waals surface area contributed by atoms with Crippen LogP contribution in [0.4, 0.5) is 13.2 Å². The second-order valence-electron chi connectivity index (χ2n) is 5.01. The van der Waals surface area contributed by atoms with Crippen molar-refractivity contribution >= 4 is 27.3 Å². The van der Waals surface area contributed by atoms with Gasteiger partial charge in [-0.05, 0) is 43.3 Å². The number of carbonyl (C=O) groups is 1. The van der Waals surface area contributed by atoms with Gasteiger partial charge in [0.2, 0.25) is 10.0 Å². The fourth-order valence-corrected chi connectivity index (χ4v) is 4.14. The molecule has 6 nitrogen and oxygen atoms in total. The normalized spacial score (nSPS) is 13.5. The summed E-state index contributed by atoms with van der Waals surface area (Å²) < 4.78 is 64.4. The van der Waals surface area contributed by atoms with Crippen molar-refractivity contribution in [3.05, 3.63) is 51.7 Å². The van der Waals surface area contributed by atoms with Crippen LogP contribution in [0.25, 0.3) is 0 Å². The second-order valence-corrected chi connectivity index (χ2v) is 7.84. The number of thiophene rings is 1. The van der Waals surface area contributed by atoms with E-state index in [4.69, 9.17) is 5.21 Å². The number of hydroxylamine groups is 1. The molecular formula is C14H13F3N2O4S2. The van der Waals surface area contributed by atoms with Gasteiger partial charge in [0, 0.05) is 4.88 Å². The Hall–Kier alpha value is -1.95. The van der Waals surface area contributed by atoms with Crippen LogP contribution in [0.5, 0.6) is 0 Å². The highest BCUT2D eigenvalue weighted by atomic mass is 32.2. The number of nitrogens with one attached hydrogen (secondary N) is 2. The summed E-state index contributed by atoms with van der Waals surface area (Å²) >= 11 is 0.968. The monoisotopic (exact) mass is 394 g/mol. The molecule has 0 radical (unpaired) electrons. The number of benzene rings is 1. The summed E-state index contributed by atoms with van der Waals surface area (Å²) in [7, 11) is -4.05. The van der Waals surface area contributed by atoms with Crippen molar-refractivity contribution in [2.24, 2.45) is 0 Å². The van der Waals surface area contributed by atoms with Crippen LogP contribution in [0.2, 0.25) is 0 Å². The number of sulfonamides is 1. The maximum Gasteiger partial charge on any atom is 0.416 e. The first-order chi connectivity index (χ1) is 11.5. The number of rotatable bonds is 5. The number of hydrogen-bond acceptors (Lipinski definition) is 5. The van der Waals surface area contributed by atoms with E-state index in [-0.39, 0.29) is 9.77 Å². The van der Waals surface area contributed by atoms with Gasteiger partial charge in [0.15, 0.2) is 0 Å². The summed E-state index contributed by atoms with van der Waals surface area (Å²) in [5.41, 5.74) is 0.519. The molecular weight excluding hydrogens is 381 g/mol. The van der Waals surface area contributed by atoms with Gasteiger partial charge < -0.3 is 0 Å². The fourth-order valence-electron chi connectivity index (χ4n) is 1.94. The molecule has 25 heavy (non-hydrogen) atoms. The van der Waals surface area contributed by atoms with E-state index >= 15 is 0 Å². The van der Waals surface area contributed by atoms with Crippen LogP contribution in [-0.4, -0.2) is 19.5 Å². The van der Waals surface area contributed by atoms with Gasteiger partial charge in [0.25, 0.3) is 5.91 Å². The van der Waals surface area contributed by atoms with E-state index in [1.807, 2.05) is 0 Å². The largest absolute Gasteiger partial charge is 0.416 e. The predicted octanol–water partition coefficient (Wildman–Crippen LogP) is 2.93. The SMILES string of the molecule is C[C@@H](NS(=O)(=O)c1ccc(C(F)(F)F)cc1)c1ccc(C(=O)NO)s1. The van der Waals surface area contributed by atoms with Crippen molar-refractivity contribution < 1.29 is 31.6 Å². The summed E-state index contributed by atoms with van der Waals surface area (Å²) in [4.78, 5) is 11.7. The Morgan fingerprint density at radius 2 is 1.76 bits per heavy atom. The van der Waals surface area contributed by atoms with Crippen LogP contribution in [0.3, 0.4) is 0 Å². The van der Waals surface area contributed by atoms with Crippen molar-refractivity contribution in [3.63, 3.8) is 0 Å². The maximum absolute atomic E-state index is 12.5. The van der Waals surface area contributed by atoms with Crippen molar-refractivity contribution in [1.82, 2.24) is 10.2 Å². The van der Waals surface area contributed by atoms with Crippen LogP contribution >= 0.6 is 11.3 Å². The minimum atomic E-state index is -4.55. The minimum Gasteiger partial charge on any atom is -0.288 e. The average Bonchev–Trinajstić information content (AvgIpc) is 3.03. The molecule has 11 heteroatoms. The third-order valence-corrected chi connectivity index (χ3v) is 6.03. The molecule has 136 valence electrons. The highest BCUT2D eigenvalue weighted by Crippen LogP contribution is 2.30. The molecule has 0 spiro atoms. The van der Waals surface area contributed by atoms with E-state index in [2.05, 4.69) is 4.72 Å². The molecule has 1 amide bonds. The Morgan fingerprint density at radius 3 is 2.28 bits per heavy atom. The van der Waals surface area contributed by atoms with Gasteiger partial charge in [0.05, 0.1) is 21.4 Å². The number of carbonyl (C=O) groups excluding carboxylic acids is 1. The topological polar surface area (TPSA) is 95.5 Å². The van der Waals surface area contributed by atoms with Gasteiger partial charge in [-0.1, -0.05) is 0 Å². The van der Waals surface area contributed by atoms with Crippen LogP contribution in [0, 0.1) is 0 Å². The lowest BCUT2D eigenvalue weighted by molar-refractivity contribution is -0.137. The van der Waals surface area contributed by atoms with E-state index in [0.29, 0.717) is 17.0 Å². The molecule has 0 aliphatic heterocycles. The highest BCUT2D eigenvalue weighted by Gasteiger charge is 2.31. The van der Waals surface area contributed by atoms with Crippen molar-refractivity contribution in [1.29, 1.82) is 0 Å². The van der Waals surface area contributed by atoms with E-state index in [9.17, 15) is 26.4 Å². The first-order valence-electron chi connectivity index (χ1n) is 6.78. The first-order valence-corrected chi connectivity index (χ1v) is 9.08. The van der Waals surface area contributed by atoms with E-state index < -0.39 is 33.7 Å². The Labute approximate surface area is 145 Å². The molecule has 2 rings (SSSR count). The molecule has 0 fully saturated rings. The molecule has 2 aromatic rings. The Kier molecular flexibility index (Phi) is 5.52. The number of halogens is 3. The van der Waals surface area contributed by atoms with Crippen LogP contribution in [-0.2, 0) is 16.2 Å². The van der Waals surface area contributed by atoms with Gasteiger partial charge in [-0.2, -0.15) is 13.2 Å². The summed E-state index contributed by atoms with van der Waals surface area (Å²) in [5, 5.41) is 8.57. The van der Waals surface area contributed by atoms with E-state index in [1.54, 1.807) is 0 Å². The van der Waals surface area contributed by atoms with Crippen LogP contribution in [0.1, 0.15) is 33.1 Å². The van der Waals surface area contributed by atoms with Gasteiger partial charge in [0.1, 0.15) is 0 Å². The van der Waals surface area contributed by atoms with Crippen molar-refractivity contribution in [3.8, 4) is 0 Å². The van der Waals surface area contributed by atoms with Crippen molar-refractivity contribution in [2.45, 2.75) is 24.0 Å². The smallest absolute Gasteiger partial charge is 0.288 e. The van der Waals surface area contributed by atoms with E-state index in [1.165, 1.54) is 24.5 Å². The zero-order chi connectivity index (χ0) is 18.8. The Morgan fingerprint density at radius 1 is 1.16 bits per heavy atom. The standard InChI is InChI=1S/C14H13F3N2O4S2/c1-8(11-6-7-12(24-11)13(20)18-21)19-25(22,23)10-4-2-9(3-5-10)14(15,16)17/h2-8,19,21H,1H3,(H,18,20)/t8-/m1/s1. The molecule has 0 saturated carbocycles. The summed E-state index contributed by atoms with van der Waals surface area (Å²) in [6, 6.07) is 5.32. The molecule has 0 aliphatic rings. The molecule has 1 atom stereocenters. The van der Waals surface area contributed by atoms with Crippen molar-refractivity contribution in [2.75, 3.05) is 0 Å². The minimum absolute atomic E-state index is 0.179. The fraction of sp³-hybridized carbons (Fsp3) is 0.214. The molecule has 1 aromatic heterocycles. The predicted molar refractivity (Wildman–Crippen MR) is 83.8 cm³/mol. The number of hydrogen-bond donors (Lipinski definition) is 3. The number of alkyl halides is 3. The maximum atomic E-state index is 12.5. The summed E-state index contributed by atoms with van der Waals surface area (Å²) in [6.07, 6.45) is -4.55. The van der Waals surface area contributed by atoms with Gasteiger partial charge in [-0.15, -0.1) is 11.3 Å². The molecule has 3 N–H and O–H groups in total. The highest BCUT2D eigenvalue weighted by molar-refractivity contribution is 7.89. The molecule has 1 heterocycles. The molecule has 0 aliphatic carbocycles. The lowest BCUT2D eigenvalue weighted by Gasteiger charge is -2.13. The molecule has 0 bridgehead atoms. The Balaban J connectivity index is 2.17. The molecule has 0 unspecified atom stereocenters. The zero-order valence-electron chi connectivity index (χ0n) is 12.7. The zero-order valence-corrected chi connectivity index (χ0v) is 14.3. The first kappa shape index (κ1) is 19.4. The van der Waals surface area contributed by atoms with Crippen LogP contribution < -0.4 is 10.2 Å². The average molecular weight is 394 g/mol. The lowest BCUT2D eigenvalue weighted by atomic mass is 10.2. The third kappa shape index (κ3) is 4.57. The van der Waals surface area contributed by atoms with Gasteiger partial charge >= 0.3 is 6.18 Å². The quantitative estimate of drug-likeness (QED) is 0.537. The summed E-state index contributed by atoms with van der Waals surface area (Å²) in [6.45, 7) is 1.52. The van der Waals surface area contributed by atoms with Crippen LogP contribution in [0.15, 0.2) is 41.3 Å². The van der Waals surface area contributed by atoms with E-state index in [0.717, 1.165) is 23.5 Å². The summed E-state index contributed by atoms with van der Waals surface area (Å²) in [5.74, 6) is -0.728. The molecule has 1 aromatic carbocycles. The lowest BCUT2D eigenvalue weighted by Crippen LogP contribution is -2.26. The van der Waals surface area contributed by atoms with Gasteiger partial charge in [-0.25, -0.2) is 18.6 Å². The second kappa shape index (κ2) is 7.12. The molecule has 0 saturated heterocycles.